The number of unbranched alkanes of at least 4 members (excludes halogenated alkanes) is 1. The van der Waals surface area contributed by atoms with Crippen LogP contribution in [0.1, 0.15) is 18.4 Å². The maximum Gasteiger partial charge on any atom is 0.323 e. The van der Waals surface area contributed by atoms with E-state index in [1.54, 1.807) is 0 Å². The molecule has 0 bridgehead atoms. The Balaban J connectivity index is 1.90. The maximum atomic E-state index is 11.7. The average molecular weight is 276 g/mol. The van der Waals surface area contributed by atoms with Crippen molar-refractivity contribution in [3.63, 3.8) is 0 Å². The van der Waals surface area contributed by atoms with E-state index in [4.69, 9.17) is 15.6 Å². The number of rotatable bonds is 7. The first kappa shape index (κ1) is 14.6. The van der Waals surface area contributed by atoms with E-state index < -0.39 is 12.0 Å². The Labute approximate surface area is 117 Å². The molecular weight excluding hydrogens is 256 g/mol. The predicted octanol–water partition coefficient (Wildman–Crippen LogP) is 1.35. The third-order valence-corrected chi connectivity index (χ3v) is 3.21. The largest absolute Gasteiger partial charge is 0.465 e. The van der Waals surface area contributed by atoms with Gasteiger partial charge in [-0.05, 0) is 24.5 Å². The molecule has 0 spiro atoms. The topological polar surface area (TPSA) is 88.3 Å². The van der Waals surface area contributed by atoms with Crippen LogP contribution < -0.4 is 5.73 Å². The van der Waals surface area contributed by atoms with E-state index in [0.717, 1.165) is 16.5 Å². The molecule has 1 aromatic heterocycles. The average Bonchev–Trinajstić information content (AvgIpc) is 2.87. The third kappa shape index (κ3) is 3.59. The number of hydrogen-bond acceptors (Lipinski definition) is 4. The van der Waals surface area contributed by atoms with E-state index in [0.29, 0.717) is 25.9 Å². The summed E-state index contributed by atoms with van der Waals surface area (Å²) in [6, 6.07) is 7.23. The molecule has 5 nitrogen and oxygen atoms in total. The van der Waals surface area contributed by atoms with Crippen molar-refractivity contribution in [1.82, 2.24) is 4.98 Å². The fourth-order valence-electron chi connectivity index (χ4n) is 2.11. The summed E-state index contributed by atoms with van der Waals surface area (Å²) in [6.07, 6.45) is 3.61. The summed E-state index contributed by atoms with van der Waals surface area (Å²) < 4.78 is 5.08. The van der Waals surface area contributed by atoms with Gasteiger partial charge in [-0.25, -0.2) is 0 Å². The quantitative estimate of drug-likeness (QED) is 0.526. The molecule has 0 aliphatic heterocycles. The van der Waals surface area contributed by atoms with E-state index in [1.165, 1.54) is 0 Å². The fourth-order valence-corrected chi connectivity index (χ4v) is 2.11. The van der Waals surface area contributed by atoms with Gasteiger partial charge >= 0.3 is 5.97 Å². The van der Waals surface area contributed by atoms with Gasteiger partial charge in [0.25, 0.3) is 0 Å². The lowest BCUT2D eigenvalue weighted by atomic mass is 10.1. The molecule has 0 radical (unpaired) electrons. The molecule has 4 N–H and O–H groups in total. The lowest BCUT2D eigenvalue weighted by Gasteiger charge is -2.11. The summed E-state index contributed by atoms with van der Waals surface area (Å²) in [5.74, 6) is -0.395. The Morgan fingerprint density at radius 3 is 2.95 bits per heavy atom. The third-order valence-electron chi connectivity index (χ3n) is 3.21. The Morgan fingerprint density at radius 2 is 2.15 bits per heavy atom. The first-order chi connectivity index (χ1) is 9.72. The minimum Gasteiger partial charge on any atom is -0.465 e. The van der Waals surface area contributed by atoms with Crippen LogP contribution in [0.25, 0.3) is 10.9 Å². The van der Waals surface area contributed by atoms with Crippen molar-refractivity contribution in [2.45, 2.75) is 25.3 Å². The smallest absolute Gasteiger partial charge is 0.323 e. The number of aromatic nitrogens is 1. The Bertz CT molecular complexity index is 565. The number of nitrogens with one attached hydrogen (secondary N) is 1. The van der Waals surface area contributed by atoms with E-state index in [2.05, 4.69) is 4.98 Å². The van der Waals surface area contributed by atoms with Crippen LogP contribution in [-0.2, 0) is 16.0 Å². The maximum absolute atomic E-state index is 11.7. The zero-order chi connectivity index (χ0) is 14.4. The number of ether oxygens (including phenoxy) is 1. The lowest BCUT2D eigenvalue weighted by Crippen LogP contribution is -2.34. The molecule has 0 aliphatic carbocycles. The van der Waals surface area contributed by atoms with Gasteiger partial charge in [0, 0.05) is 30.1 Å². The summed E-state index contributed by atoms with van der Waals surface area (Å²) in [5, 5.41) is 9.72. The molecule has 20 heavy (non-hydrogen) atoms. The number of carbonyl (C=O) groups excluding carboxylic acids is 1. The normalized spacial score (nSPS) is 12.5. The van der Waals surface area contributed by atoms with E-state index in [-0.39, 0.29) is 6.61 Å². The predicted molar refractivity (Wildman–Crippen MR) is 77.3 cm³/mol. The van der Waals surface area contributed by atoms with Gasteiger partial charge in [0.15, 0.2) is 0 Å². The fraction of sp³-hybridized carbons (Fsp3) is 0.400. The summed E-state index contributed by atoms with van der Waals surface area (Å²) in [4.78, 5) is 14.9. The number of esters is 1. The van der Waals surface area contributed by atoms with Crippen molar-refractivity contribution in [3.05, 3.63) is 36.0 Å². The van der Waals surface area contributed by atoms with Crippen molar-refractivity contribution >= 4 is 16.9 Å². The number of H-pyrrole nitrogens is 1. The van der Waals surface area contributed by atoms with Gasteiger partial charge in [0.05, 0.1) is 6.61 Å². The van der Waals surface area contributed by atoms with Crippen LogP contribution in [0.15, 0.2) is 30.5 Å². The van der Waals surface area contributed by atoms with Crippen LogP contribution in [-0.4, -0.2) is 35.3 Å². The molecule has 2 rings (SSSR count). The Kier molecular flexibility index (Phi) is 5.15. The number of benzene rings is 1. The van der Waals surface area contributed by atoms with Crippen LogP contribution in [0, 0.1) is 0 Å². The highest BCUT2D eigenvalue weighted by Gasteiger charge is 2.17. The summed E-state index contributed by atoms with van der Waals surface area (Å²) in [5.41, 5.74) is 7.92. The SMILES string of the molecule is N[C@@H](Cc1c[nH]c2ccccc12)C(=O)OCCCCO. The van der Waals surface area contributed by atoms with Gasteiger partial charge < -0.3 is 20.6 Å². The minimum absolute atomic E-state index is 0.110. The first-order valence-electron chi connectivity index (χ1n) is 6.80. The molecule has 0 saturated heterocycles. The van der Waals surface area contributed by atoms with Crippen molar-refractivity contribution in [1.29, 1.82) is 0 Å². The molecule has 0 saturated carbocycles. The number of aromatic amines is 1. The summed E-state index contributed by atoms with van der Waals surface area (Å²) in [7, 11) is 0. The number of hydrogen-bond donors (Lipinski definition) is 3. The number of carbonyl (C=O) groups is 1. The molecule has 1 aromatic carbocycles. The number of nitrogens with two attached hydrogens (primary N) is 1. The second-order valence-electron chi connectivity index (χ2n) is 4.77. The van der Waals surface area contributed by atoms with Gasteiger partial charge in [-0.15, -0.1) is 0 Å². The number of fused-ring (bicyclic) bond motifs is 1. The highest BCUT2D eigenvalue weighted by atomic mass is 16.5. The lowest BCUT2D eigenvalue weighted by molar-refractivity contribution is -0.145. The van der Waals surface area contributed by atoms with E-state index in [9.17, 15) is 4.79 Å². The standard InChI is InChI=1S/C15H20N2O3/c16-13(15(19)20-8-4-3-7-18)9-11-10-17-14-6-2-1-5-12(11)14/h1-2,5-6,10,13,17-18H,3-4,7-9,16H2/t13-/m0/s1. The molecule has 0 aliphatic rings. The van der Waals surface area contributed by atoms with E-state index in [1.807, 2.05) is 30.5 Å². The molecule has 0 unspecified atom stereocenters. The van der Waals surface area contributed by atoms with Crippen LogP contribution >= 0.6 is 0 Å². The van der Waals surface area contributed by atoms with Gasteiger partial charge in [0.1, 0.15) is 6.04 Å². The zero-order valence-corrected chi connectivity index (χ0v) is 11.3. The van der Waals surface area contributed by atoms with Gasteiger partial charge in [-0.1, -0.05) is 18.2 Å². The molecule has 1 atom stereocenters. The second kappa shape index (κ2) is 7.07. The van der Waals surface area contributed by atoms with Crippen LogP contribution in [0.5, 0.6) is 0 Å². The first-order valence-corrected chi connectivity index (χ1v) is 6.80. The zero-order valence-electron chi connectivity index (χ0n) is 11.3. The van der Waals surface area contributed by atoms with Crippen LogP contribution in [0.3, 0.4) is 0 Å². The Hall–Kier alpha value is -1.85. The minimum atomic E-state index is -0.664. The number of aliphatic hydroxyl groups is 1. The highest BCUT2D eigenvalue weighted by molar-refractivity contribution is 5.84. The van der Waals surface area contributed by atoms with E-state index >= 15 is 0 Å². The summed E-state index contributed by atoms with van der Waals surface area (Å²) in [6.45, 7) is 0.417. The van der Waals surface area contributed by atoms with Crippen molar-refractivity contribution in [2.24, 2.45) is 5.73 Å². The Morgan fingerprint density at radius 1 is 1.35 bits per heavy atom. The van der Waals surface area contributed by atoms with Crippen LogP contribution in [0.4, 0.5) is 0 Å². The van der Waals surface area contributed by atoms with Crippen molar-refractivity contribution in [3.8, 4) is 0 Å². The molecular formula is C15H20N2O3. The molecule has 2 aromatic rings. The number of aliphatic hydroxyl groups excluding tert-OH is 1. The summed E-state index contributed by atoms with van der Waals surface area (Å²) >= 11 is 0. The van der Waals surface area contributed by atoms with Gasteiger partial charge in [-0.3, -0.25) is 4.79 Å². The second-order valence-corrected chi connectivity index (χ2v) is 4.77. The number of para-hydroxylation sites is 1. The monoisotopic (exact) mass is 276 g/mol. The molecule has 0 fully saturated rings. The van der Waals surface area contributed by atoms with Gasteiger partial charge in [-0.2, -0.15) is 0 Å². The molecule has 5 heteroatoms. The highest BCUT2D eigenvalue weighted by Crippen LogP contribution is 2.18. The molecule has 108 valence electrons. The van der Waals surface area contributed by atoms with Crippen LogP contribution in [0.2, 0.25) is 0 Å². The molecule has 0 amide bonds. The van der Waals surface area contributed by atoms with Crippen molar-refractivity contribution in [2.75, 3.05) is 13.2 Å². The van der Waals surface area contributed by atoms with Gasteiger partial charge in [0.2, 0.25) is 0 Å². The van der Waals surface area contributed by atoms with Crippen molar-refractivity contribution < 1.29 is 14.6 Å². The molecule has 1 heterocycles.